The van der Waals surface area contributed by atoms with E-state index in [0.29, 0.717) is 11.6 Å². The number of methoxy groups -OCH3 is 2. The van der Waals surface area contributed by atoms with Crippen LogP contribution in [0.15, 0.2) is 24.3 Å². The SMILES string of the molecule is COC(=O)Cn1nnnc1C(NC(CC(=O)O)C1CCCCC1)c1cccc(OC)c1. The Morgan fingerprint density at radius 2 is 2.03 bits per heavy atom. The van der Waals surface area contributed by atoms with E-state index in [4.69, 9.17) is 9.47 Å². The van der Waals surface area contributed by atoms with Gasteiger partial charge in [-0.15, -0.1) is 5.10 Å². The number of hydrogen-bond acceptors (Lipinski definition) is 8. The predicted molar refractivity (Wildman–Crippen MR) is 110 cm³/mol. The number of nitrogens with zero attached hydrogens (tertiary/aromatic N) is 4. The highest BCUT2D eigenvalue weighted by Gasteiger charge is 2.31. The smallest absolute Gasteiger partial charge is 0.327 e. The van der Waals surface area contributed by atoms with Crippen LogP contribution in [0.2, 0.25) is 0 Å². The average molecular weight is 431 g/mol. The molecule has 1 aliphatic rings. The molecular weight excluding hydrogens is 402 g/mol. The van der Waals surface area contributed by atoms with Gasteiger partial charge in [0.2, 0.25) is 0 Å². The lowest BCUT2D eigenvalue weighted by Crippen LogP contribution is -2.42. The molecule has 2 aromatic rings. The second kappa shape index (κ2) is 10.9. The molecule has 31 heavy (non-hydrogen) atoms. The molecule has 0 bridgehead atoms. The lowest BCUT2D eigenvalue weighted by molar-refractivity contribution is -0.141. The van der Waals surface area contributed by atoms with E-state index in [1.54, 1.807) is 7.11 Å². The molecule has 2 N–H and O–H groups in total. The van der Waals surface area contributed by atoms with Gasteiger partial charge in [-0.3, -0.25) is 14.9 Å². The minimum Gasteiger partial charge on any atom is -0.497 e. The quantitative estimate of drug-likeness (QED) is 0.542. The van der Waals surface area contributed by atoms with Crippen LogP contribution in [0, 0.1) is 5.92 Å². The van der Waals surface area contributed by atoms with E-state index >= 15 is 0 Å². The summed E-state index contributed by atoms with van der Waals surface area (Å²) in [6.07, 6.45) is 5.29. The molecule has 3 rings (SSSR count). The average Bonchev–Trinajstić information content (AvgIpc) is 3.24. The van der Waals surface area contributed by atoms with Crippen molar-refractivity contribution in [2.45, 2.75) is 57.2 Å². The number of carboxylic acid groups (broad SMARTS) is 1. The number of esters is 1. The molecule has 0 amide bonds. The Balaban J connectivity index is 1.97. The number of ether oxygens (including phenoxy) is 2. The fourth-order valence-electron chi connectivity index (χ4n) is 4.16. The highest BCUT2D eigenvalue weighted by Crippen LogP contribution is 2.31. The summed E-state index contributed by atoms with van der Waals surface area (Å²) in [6.45, 7) is -0.145. The number of tetrazole rings is 1. The molecule has 10 nitrogen and oxygen atoms in total. The zero-order valence-corrected chi connectivity index (χ0v) is 17.9. The van der Waals surface area contributed by atoms with Crippen molar-refractivity contribution in [3.63, 3.8) is 0 Å². The predicted octanol–water partition coefficient (Wildman–Crippen LogP) is 1.96. The zero-order chi connectivity index (χ0) is 22.2. The first kappa shape index (κ1) is 22.7. The Morgan fingerprint density at radius 1 is 1.26 bits per heavy atom. The van der Waals surface area contributed by atoms with Crippen LogP contribution in [0.4, 0.5) is 0 Å². The van der Waals surface area contributed by atoms with Crippen LogP contribution in [0.1, 0.15) is 56.0 Å². The molecule has 1 heterocycles. The van der Waals surface area contributed by atoms with Crippen molar-refractivity contribution in [1.82, 2.24) is 25.5 Å². The molecule has 10 heteroatoms. The number of carbonyl (C=O) groups is 2. The van der Waals surface area contributed by atoms with Gasteiger partial charge in [0, 0.05) is 6.04 Å². The van der Waals surface area contributed by atoms with E-state index in [1.165, 1.54) is 18.2 Å². The summed E-state index contributed by atoms with van der Waals surface area (Å²) in [5.74, 6) is -0.0367. The fraction of sp³-hybridized carbons (Fsp3) is 0.571. The Bertz CT molecular complexity index is 881. The standard InChI is InChI=1S/C21H29N5O5/c1-30-16-10-6-9-15(11-16)20(21-23-24-25-26(21)13-19(29)31-2)22-17(12-18(27)28)14-7-4-3-5-8-14/h6,9-11,14,17,20,22H,3-5,7-8,12-13H2,1-2H3,(H,27,28). The summed E-state index contributed by atoms with van der Waals surface area (Å²) in [5.41, 5.74) is 0.812. The first-order chi connectivity index (χ1) is 15.0. The van der Waals surface area contributed by atoms with Gasteiger partial charge in [0.05, 0.1) is 26.7 Å². The van der Waals surface area contributed by atoms with Crippen molar-refractivity contribution in [3.8, 4) is 5.75 Å². The van der Waals surface area contributed by atoms with Gasteiger partial charge in [0.15, 0.2) is 5.82 Å². The Morgan fingerprint density at radius 3 is 2.71 bits per heavy atom. The maximum atomic E-state index is 11.8. The van der Waals surface area contributed by atoms with Crippen LogP contribution in [0.3, 0.4) is 0 Å². The molecule has 2 atom stereocenters. The second-order valence-corrected chi connectivity index (χ2v) is 7.75. The maximum absolute atomic E-state index is 11.8. The monoisotopic (exact) mass is 431 g/mol. The Hall–Kier alpha value is -3.01. The van der Waals surface area contributed by atoms with Gasteiger partial charge in [0.25, 0.3) is 0 Å². The van der Waals surface area contributed by atoms with Crippen molar-refractivity contribution in [2.75, 3.05) is 14.2 Å². The lowest BCUT2D eigenvalue weighted by atomic mass is 9.82. The summed E-state index contributed by atoms with van der Waals surface area (Å²) < 4.78 is 11.5. The first-order valence-corrected chi connectivity index (χ1v) is 10.5. The number of nitrogens with one attached hydrogen (secondary N) is 1. The third-order valence-electron chi connectivity index (χ3n) is 5.75. The topological polar surface area (TPSA) is 128 Å². The summed E-state index contributed by atoms with van der Waals surface area (Å²) in [4.78, 5) is 23.5. The molecular formula is C21H29N5O5. The zero-order valence-electron chi connectivity index (χ0n) is 17.9. The van der Waals surface area contributed by atoms with E-state index in [9.17, 15) is 14.7 Å². The highest BCUT2D eigenvalue weighted by atomic mass is 16.5. The van der Waals surface area contributed by atoms with Crippen molar-refractivity contribution in [3.05, 3.63) is 35.7 Å². The van der Waals surface area contributed by atoms with Gasteiger partial charge in [-0.1, -0.05) is 31.4 Å². The minimum absolute atomic E-state index is 0.0102. The van der Waals surface area contributed by atoms with Gasteiger partial charge in [0.1, 0.15) is 12.3 Å². The molecule has 2 unspecified atom stereocenters. The highest BCUT2D eigenvalue weighted by molar-refractivity contribution is 5.69. The number of carboxylic acids is 1. The molecule has 1 aromatic heterocycles. The Labute approximate surface area is 180 Å². The van der Waals surface area contributed by atoms with Crippen LogP contribution >= 0.6 is 0 Å². The van der Waals surface area contributed by atoms with Gasteiger partial charge in [-0.25, -0.2) is 4.68 Å². The van der Waals surface area contributed by atoms with E-state index in [2.05, 4.69) is 20.8 Å². The normalized spacial score (nSPS) is 16.5. The van der Waals surface area contributed by atoms with Crippen LogP contribution < -0.4 is 10.1 Å². The minimum atomic E-state index is -0.860. The van der Waals surface area contributed by atoms with Crippen LogP contribution in [-0.4, -0.2) is 57.5 Å². The molecule has 1 aromatic carbocycles. The molecule has 0 spiro atoms. The van der Waals surface area contributed by atoms with Crippen molar-refractivity contribution < 1.29 is 24.2 Å². The van der Waals surface area contributed by atoms with Crippen molar-refractivity contribution in [1.29, 1.82) is 0 Å². The van der Waals surface area contributed by atoms with E-state index in [-0.39, 0.29) is 24.9 Å². The molecule has 1 fully saturated rings. The van der Waals surface area contributed by atoms with E-state index < -0.39 is 18.0 Å². The third kappa shape index (κ3) is 6.00. The van der Waals surface area contributed by atoms with E-state index in [1.807, 2.05) is 24.3 Å². The number of aliphatic carboxylic acids is 1. The van der Waals surface area contributed by atoms with Crippen LogP contribution in [-0.2, 0) is 20.9 Å². The van der Waals surface area contributed by atoms with E-state index in [0.717, 1.165) is 31.2 Å². The van der Waals surface area contributed by atoms with Gasteiger partial charge in [-0.05, 0) is 46.9 Å². The largest absolute Gasteiger partial charge is 0.497 e. The lowest BCUT2D eigenvalue weighted by Gasteiger charge is -2.33. The molecule has 1 aliphatic carbocycles. The van der Waals surface area contributed by atoms with Gasteiger partial charge >= 0.3 is 11.9 Å². The first-order valence-electron chi connectivity index (χ1n) is 10.5. The number of benzene rings is 1. The second-order valence-electron chi connectivity index (χ2n) is 7.75. The molecule has 1 saturated carbocycles. The van der Waals surface area contributed by atoms with Gasteiger partial charge in [-0.2, -0.15) is 0 Å². The summed E-state index contributed by atoms with van der Waals surface area (Å²) in [5, 5.41) is 24.9. The summed E-state index contributed by atoms with van der Waals surface area (Å²) in [7, 11) is 2.88. The molecule has 168 valence electrons. The number of aromatic nitrogens is 4. The van der Waals surface area contributed by atoms with Crippen molar-refractivity contribution >= 4 is 11.9 Å². The van der Waals surface area contributed by atoms with Crippen LogP contribution in [0.5, 0.6) is 5.75 Å². The maximum Gasteiger partial charge on any atom is 0.327 e. The summed E-state index contributed by atoms with van der Waals surface area (Å²) in [6, 6.07) is 6.64. The summed E-state index contributed by atoms with van der Waals surface area (Å²) >= 11 is 0. The number of rotatable bonds is 10. The fourth-order valence-corrected chi connectivity index (χ4v) is 4.16. The van der Waals surface area contributed by atoms with Gasteiger partial charge < -0.3 is 14.6 Å². The Kier molecular flexibility index (Phi) is 7.94. The molecule has 0 saturated heterocycles. The molecule has 0 radical (unpaired) electrons. The number of carbonyl (C=O) groups excluding carboxylic acids is 1. The van der Waals surface area contributed by atoms with Crippen LogP contribution in [0.25, 0.3) is 0 Å². The molecule has 0 aliphatic heterocycles. The number of hydrogen-bond donors (Lipinski definition) is 2. The van der Waals surface area contributed by atoms with Crippen molar-refractivity contribution in [2.24, 2.45) is 5.92 Å². The third-order valence-corrected chi connectivity index (χ3v) is 5.75.